The first-order valence-corrected chi connectivity index (χ1v) is 13.2. The van der Waals surface area contributed by atoms with Crippen LogP contribution in [0.2, 0.25) is 4.44 Å². The van der Waals surface area contributed by atoms with Crippen molar-refractivity contribution in [2.45, 2.75) is 93.5 Å². The second kappa shape index (κ2) is 24.9. The standard InChI is InChI=1S/C7H13O2.2C6H12O2S.Sn.H/c1-3-5-6-9-7(8)4-2;2*1-2-3-4-5(9)6(7)8;;/h2-6H2,1H3;2*5,9H,2-4H2,1H3,(H,7,8);;. The summed E-state index contributed by atoms with van der Waals surface area (Å²) < 4.78 is 5.91. The number of carbonyl (C=O) groups excluding carboxylic acids is 1. The van der Waals surface area contributed by atoms with Crippen molar-refractivity contribution < 1.29 is 29.3 Å². The van der Waals surface area contributed by atoms with Crippen molar-refractivity contribution >= 4 is 65.7 Å². The number of carboxylic acids is 2. The average molecular weight is 545 g/mol. The van der Waals surface area contributed by atoms with Crippen molar-refractivity contribution in [1.29, 1.82) is 0 Å². The molecule has 0 aliphatic rings. The van der Waals surface area contributed by atoms with Gasteiger partial charge in [-0.25, -0.2) is 0 Å². The van der Waals surface area contributed by atoms with E-state index in [1.165, 1.54) is 0 Å². The number of esters is 1. The third kappa shape index (κ3) is 28.1. The minimum absolute atomic E-state index is 0.0268. The first kappa shape index (κ1) is 32.6. The first-order valence-electron chi connectivity index (χ1n) is 9.85. The van der Waals surface area contributed by atoms with Gasteiger partial charge in [-0.15, -0.1) is 0 Å². The minimum atomic E-state index is -0.813. The van der Waals surface area contributed by atoms with Crippen molar-refractivity contribution in [3.8, 4) is 0 Å². The van der Waals surface area contributed by atoms with Crippen LogP contribution in [0.1, 0.15) is 78.6 Å². The molecule has 0 rings (SSSR count). The molecule has 2 radical (unpaired) electrons. The maximum atomic E-state index is 10.7. The molecule has 0 saturated heterocycles. The van der Waals surface area contributed by atoms with E-state index in [0.717, 1.165) is 65.5 Å². The Morgan fingerprint density at radius 1 is 0.857 bits per heavy atom. The van der Waals surface area contributed by atoms with Gasteiger partial charge in [0.25, 0.3) is 0 Å². The van der Waals surface area contributed by atoms with Crippen LogP contribution in [0.25, 0.3) is 0 Å². The number of carbonyl (C=O) groups is 3. The molecule has 0 aromatic heterocycles. The van der Waals surface area contributed by atoms with E-state index in [1.807, 2.05) is 13.8 Å². The van der Waals surface area contributed by atoms with Crippen LogP contribution in [0.4, 0.5) is 0 Å². The third-order valence-electron chi connectivity index (χ3n) is 3.34. The number of ether oxygens (including phenoxy) is 1. The number of carboxylic acid groups (broad SMARTS) is 2. The summed E-state index contributed by atoms with van der Waals surface area (Å²) in [5, 5.41) is 15.7. The molecule has 0 amide bonds. The summed E-state index contributed by atoms with van der Waals surface area (Å²) >= 11 is 8.87. The van der Waals surface area contributed by atoms with Crippen molar-refractivity contribution in [2.75, 3.05) is 6.61 Å². The second-order valence-electron chi connectivity index (χ2n) is 6.11. The van der Waals surface area contributed by atoms with Gasteiger partial charge in [-0.05, 0) is 12.8 Å². The molecular weight excluding hydrogens is 507 g/mol. The Morgan fingerprint density at radius 3 is 1.54 bits per heavy atom. The van der Waals surface area contributed by atoms with Crippen molar-refractivity contribution in [3.05, 3.63) is 0 Å². The number of rotatable bonds is 13. The summed E-state index contributed by atoms with van der Waals surface area (Å²) in [4.78, 5) is 31.0. The molecule has 0 aliphatic heterocycles. The van der Waals surface area contributed by atoms with Gasteiger partial charge in [0.1, 0.15) is 0 Å². The molecule has 0 bridgehead atoms. The predicted molar refractivity (Wildman–Crippen MR) is 122 cm³/mol. The monoisotopic (exact) mass is 546 g/mol. The van der Waals surface area contributed by atoms with Crippen LogP contribution in [-0.4, -0.2) is 67.8 Å². The van der Waals surface area contributed by atoms with Crippen LogP contribution in [0.3, 0.4) is 0 Å². The fourth-order valence-corrected chi connectivity index (χ4v) is 2.60. The van der Waals surface area contributed by atoms with Crippen LogP contribution >= 0.6 is 25.3 Å². The number of thiol groups is 2. The van der Waals surface area contributed by atoms with Gasteiger partial charge >= 0.3 is 87.2 Å². The van der Waals surface area contributed by atoms with Gasteiger partial charge in [0.15, 0.2) is 0 Å². The molecule has 0 saturated carbocycles. The Labute approximate surface area is 194 Å². The SMILES string of the molecule is CCCCC(S)C(=O)O.CCCCC(S)C(=O)O.CCCCOC(=O)C[CH2][SnH]. The Kier molecular flexibility index (Phi) is 29.0. The van der Waals surface area contributed by atoms with Crippen LogP contribution in [0.5, 0.6) is 0 Å². The zero-order valence-electron chi connectivity index (χ0n) is 17.4. The van der Waals surface area contributed by atoms with E-state index >= 15 is 0 Å². The second-order valence-corrected chi connectivity index (χ2v) is 9.00. The summed E-state index contributed by atoms with van der Waals surface area (Å²) in [7, 11) is 0. The quantitative estimate of drug-likeness (QED) is 0.120. The first-order chi connectivity index (χ1) is 13.2. The predicted octanol–water partition coefficient (Wildman–Crippen LogP) is 4.16. The van der Waals surface area contributed by atoms with Crippen molar-refractivity contribution in [2.24, 2.45) is 0 Å². The average Bonchev–Trinajstić information content (AvgIpc) is 2.65. The molecule has 0 aromatic rings. The van der Waals surface area contributed by atoms with E-state index in [-0.39, 0.29) is 5.97 Å². The fraction of sp³-hybridized carbons (Fsp3) is 0.842. The van der Waals surface area contributed by atoms with E-state index in [0.29, 0.717) is 25.9 Å². The maximum absolute atomic E-state index is 10.7. The Hall–Kier alpha value is -0.0913. The van der Waals surface area contributed by atoms with E-state index in [9.17, 15) is 14.4 Å². The number of unbranched alkanes of at least 4 members (excludes halogenated alkanes) is 3. The number of hydrogen-bond donors (Lipinski definition) is 4. The van der Waals surface area contributed by atoms with Crippen molar-refractivity contribution in [3.63, 3.8) is 0 Å². The topological polar surface area (TPSA) is 101 Å². The molecule has 0 heterocycles. The van der Waals surface area contributed by atoms with Gasteiger partial charge in [0, 0.05) is 0 Å². The number of hydrogen-bond acceptors (Lipinski definition) is 6. The molecule has 166 valence electrons. The summed E-state index contributed by atoms with van der Waals surface area (Å²) in [6.07, 6.45) is 8.01. The van der Waals surface area contributed by atoms with Gasteiger partial charge < -0.3 is 10.2 Å². The summed E-state index contributed by atoms with van der Waals surface area (Å²) in [6, 6.07) is 0. The Morgan fingerprint density at radius 2 is 1.25 bits per heavy atom. The fourth-order valence-electron chi connectivity index (χ4n) is 1.56. The van der Waals surface area contributed by atoms with Crippen LogP contribution in [0.15, 0.2) is 0 Å². The molecule has 2 unspecified atom stereocenters. The molecule has 28 heavy (non-hydrogen) atoms. The Balaban J connectivity index is -0.000000336. The van der Waals surface area contributed by atoms with Gasteiger partial charge in [-0.1, -0.05) is 39.5 Å². The molecule has 6 nitrogen and oxygen atoms in total. The van der Waals surface area contributed by atoms with Crippen LogP contribution in [0, 0.1) is 0 Å². The van der Waals surface area contributed by atoms with Crippen LogP contribution in [-0.2, 0) is 19.1 Å². The van der Waals surface area contributed by atoms with E-state index < -0.39 is 22.4 Å². The van der Waals surface area contributed by atoms with Crippen LogP contribution < -0.4 is 0 Å². The third-order valence-corrected chi connectivity index (χ3v) is 5.12. The molecule has 0 aliphatic carbocycles. The molecule has 2 atom stereocenters. The summed E-state index contributed by atoms with van der Waals surface area (Å²) in [5.74, 6) is -1.65. The van der Waals surface area contributed by atoms with E-state index in [1.54, 1.807) is 0 Å². The van der Waals surface area contributed by atoms with Crippen molar-refractivity contribution in [1.82, 2.24) is 0 Å². The van der Waals surface area contributed by atoms with Gasteiger partial charge in [0.05, 0.1) is 10.5 Å². The summed E-state index contributed by atoms with van der Waals surface area (Å²) in [5.41, 5.74) is 0. The van der Waals surface area contributed by atoms with Gasteiger partial charge in [-0.3, -0.25) is 9.59 Å². The van der Waals surface area contributed by atoms with Gasteiger partial charge in [0.2, 0.25) is 0 Å². The molecule has 9 heteroatoms. The van der Waals surface area contributed by atoms with E-state index in [2.05, 4.69) is 32.2 Å². The molecular formula is C19H38O6S2Sn. The molecule has 0 fully saturated rings. The molecule has 2 N–H and O–H groups in total. The number of aliphatic carboxylic acids is 2. The zero-order chi connectivity index (χ0) is 22.4. The normalized spacial score (nSPS) is 11.8. The van der Waals surface area contributed by atoms with Gasteiger partial charge in [-0.2, -0.15) is 25.3 Å². The molecule has 0 aromatic carbocycles. The summed E-state index contributed by atoms with van der Waals surface area (Å²) in [6.45, 7) is 6.75. The molecule has 0 spiro atoms. The van der Waals surface area contributed by atoms with E-state index in [4.69, 9.17) is 14.9 Å². The Bertz CT molecular complexity index is 373. The zero-order valence-corrected chi connectivity index (χ0v) is 22.5.